The molecule has 3 aliphatic rings. The van der Waals surface area contributed by atoms with Crippen molar-refractivity contribution < 1.29 is 13.9 Å². The van der Waals surface area contributed by atoms with Crippen molar-refractivity contribution in [2.75, 3.05) is 6.61 Å². The lowest BCUT2D eigenvalue weighted by Crippen LogP contribution is -2.52. The molecule has 2 aliphatic heterocycles. The monoisotopic (exact) mass is 517 g/mol. The summed E-state index contributed by atoms with van der Waals surface area (Å²) in [7, 11) is 0. The summed E-state index contributed by atoms with van der Waals surface area (Å²) in [6, 6.07) is 21.8. The van der Waals surface area contributed by atoms with Crippen molar-refractivity contribution in [2.24, 2.45) is 0 Å². The minimum absolute atomic E-state index is 0.0286. The first-order chi connectivity index (χ1) is 16.6. The quantitative estimate of drug-likeness (QED) is 0.358. The van der Waals surface area contributed by atoms with E-state index in [1.165, 1.54) is 28.3 Å². The minimum Gasteiger partial charge on any atom is -0.448 e. The second-order valence-corrected chi connectivity index (χ2v) is 10.2. The van der Waals surface area contributed by atoms with Crippen LogP contribution in [0.1, 0.15) is 48.3 Å². The molecule has 1 aliphatic carbocycles. The van der Waals surface area contributed by atoms with Gasteiger partial charge in [0.05, 0.1) is 6.04 Å². The van der Waals surface area contributed by atoms with Gasteiger partial charge in [-0.15, -0.1) is 0 Å². The summed E-state index contributed by atoms with van der Waals surface area (Å²) < 4.78 is 21.4. The van der Waals surface area contributed by atoms with Crippen LogP contribution in [0.2, 0.25) is 0 Å². The molecule has 3 aromatic carbocycles. The molecule has 0 N–H and O–H groups in total. The second kappa shape index (κ2) is 8.70. The largest absolute Gasteiger partial charge is 0.448 e. The second-order valence-electron chi connectivity index (χ2n) is 9.36. The number of rotatable bonds is 3. The van der Waals surface area contributed by atoms with E-state index >= 15 is 0 Å². The van der Waals surface area contributed by atoms with Crippen LogP contribution in [-0.2, 0) is 4.74 Å². The summed E-state index contributed by atoms with van der Waals surface area (Å²) in [6.45, 7) is 0.318. The van der Waals surface area contributed by atoms with Gasteiger partial charge in [0.1, 0.15) is 12.4 Å². The molecule has 5 heteroatoms. The molecule has 0 radical (unpaired) electrons. The maximum Gasteiger partial charge on any atom is 0.410 e. The molecular formula is C29H25BrFNO2. The smallest absolute Gasteiger partial charge is 0.410 e. The average molecular weight is 518 g/mol. The van der Waals surface area contributed by atoms with Crippen molar-refractivity contribution in [1.82, 2.24) is 4.90 Å². The third-order valence-corrected chi connectivity index (χ3v) is 8.13. The molecular weight excluding hydrogens is 493 g/mol. The Balaban J connectivity index is 1.24. The number of hydrogen-bond acceptors (Lipinski definition) is 2. The van der Waals surface area contributed by atoms with Gasteiger partial charge in [0, 0.05) is 22.0 Å². The van der Waals surface area contributed by atoms with Crippen molar-refractivity contribution in [1.29, 1.82) is 0 Å². The van der Waals surface area contributed by atoms with Crippen LogP contribution in [0.25, 0.3) is 16.7 Å². The Morgan fingerprint density at radius 1 is 0.971 bits per heavy atom. The Morgan fingerprint density at radius 3 is 2.35 bits per heavy atom. The number of piperidine rings is 1. The van der Waals surface area contributed by atoms with E-state index in [2.05, 4.69) is 58.4 Å². The van der Waals surface area contributed by atoms with E-state index < -0.39 is 0 Å². The van der Waals surface area contributed by atoms with Crippen molar-refractivity contribution in [3.63, 3.8) is 0 Å². The van der Waals surface area contributed by atoms with Crippen molar-refractivity contribution in [3.05, 3.63) is 99.8 Å². The molecule has 34 heavy (non-hydrogen) atoms. The van der Waals surface area contributed by atoms with Gasteiger partial charge >= 0.3 is 6.09 Å². The molecule has 3 aromatic rings. The minimum atomic E-state index is -0.264. The van der Waals surface area contributed by atoms with Gasteiger partial charge < -0.3 is 4.74 Å². The fourth-order valence-electron chi connectivity index (χ4n) is 5.97. The Bertz CT molecular complexity index is 1240. The Labute approximate surface area is 207 Å². The Kier molecular flexibility index (Phi) is 5.53. The summed E-state index contributed by atoms with van der Waals surface area (Å²) in [5, 5.41) is 0. The Hall–Kier alpha value is -2.92. The maximum atomic E-state index is 14.6. The first-order valence-electron chi connectivity index (χ1n) is 11.9. The van der Waals surface area contributed by atoms with Crippen LogP contribution >= 0.6 is 15.9 Å². The molecule has 1 saturated heterocycles. The number of nitrogens with zero attached hydrogens (tertiary/aromatic N) is 1. The highest BCUT2D eigenvalue weighted by Gasteiger charge is 2.39. The predicted octanol–water partition coefficient (Wildman–Crippen LogP) is 7.55. The number of carbonyl (C=O) groups excluding carboxylic acids is 1. The zero-order valence-electron chi connectivity index (χ0n) is 18.7. The normalized spacial score (nSPS) is 21.0. The SMILES string of the molecule is O=C(OCC1c2ccccc2-c2ccccc21)N1C2C=C(c3c(F)cccc3Br)CC1CCC2. The fourth-order valence-corrected chi connectivity index (χ4v) is 6.57. The molecule has 3 nitrogen and oxygen atoms in total. The van der Waals surface area contributed by atoms with E-state index in [1.807, 2.05) is 23.1 Å². The van der Waals surface area contributed by atoms with E-state index in [4.69, 9.17) is 4.74 Å². The highest BCUT2D eigenvalue weighted by atomic mass is 79.9. The molecule has 172 valence electrons. The zero-order chi connectivity index (χ0) is 23.2. The van der Waals surface area contributed by atoms with E-state index in [9.17, 15) is 9.18 Å². The van der Waals surface area contributed by atoms with E-state index in [0.717, 1.165) is 29.3 Å². The number of benzene rings is 3. The average Bonchev–Trinajstić information content (AvgIpc) is 3.15. The molecule has 6 rings (SSSR count). The fraction of sp³-hybridized carbons (Fsp3) is 0.276. The maximum absolute atomic E-state index is 14.6. The van der Waals surface area contributed by atoms with E-state index in [1.54, 1.807) is 6.07 Å². The van der Waals surface area contributed by atoms with E-state index in [-0.39, 0.29) is 29.9 Å². The molecule has 0 saturated carbocycles. The number of ether oxygens (including phenoxy) is 1. The predicted molar refractivity (Wildman–Crippen MR) is 135 cm³/mol. The van der Waals surface area contributed by atoms with Crippen LogP contribution in [0, 0.1) is 5.82 Å². The topological polar surface area (TPSA) is 29.5 Å². The standard InChI is InChI=1S/C29H25BrFNO2/c30-26-13-6-14-27(31)28(26)18-15-19-7-5-8-20(16-18)32(19)29(33)34-17-25-23-11-3-1-9-21(23)22-10-2-4-12-24(22)25/h1-4,6,9-15,19-20,25H,5,7-8,16-17H2. The van der Waals surface area contributed by atoms with Gasteiger partial charge in [-0.25, -0.2) is 9.18 Å². The van der Waals surface area contributed by atoms with Gasteiger partial charge in [0.2, 0.25) is 0 Å². The highest BCUT2D eigenvalue weighted by molar-refractivity contribution is 9.10. The van der Waals surface area contributed by atoms with E-state index in [0.29, 0.717) is 18.6 Å². The molecule has 0 aromatic heterocycles. The molecule has 2 bridgehead atoms. The van der Waals surface area contributed by atoms with Crippen LogP contribution < -0.4 is 0 Å². The van der Waals surface area contributed by atoms with Gasteiger partial charge in [0.25, 0.3) is 0 Å². The summed E-state index contributed by atoms with van der Waals surface area (Å²) in [6.07, 6.45) is 5.28. The molecule has 2 atom stereocenters. The number of halogens is 2. The molecule has 1 amide bonds. The first kappa shape index (κ1) is 21.6. The zero-order valence-corrected chi connectivity index (χ0v) is 20.3. The summed E-state index contributed by atoms with van der Waals surface area (Å²) >= 11 is 3.51. The van der Waals surface area contributed by atoms with Crippen LogP contribution in [0.15, 0.2) is 77.3 Å². The van der Waals surface area contributed by atoms with Crippen molar-refractivity contribution in [2.45, 2.75) is 43.7 Å². The molecule has 2 heterocycles. The molecule has 0 spiro atoms. The lowest BCUT2D eigenvalue weighted by molar-refractivity contribution is 0.0538. The van der Waals surface area contributed by atoms with Crippen molar-refractivity contribution in [3.8, 4) is 11.1 Å². The number of amides is 1. The molecule has 2 unspecified atom stereocenters. The molecule has 1 fully saturated rings. The number of fused-ring (bicyclic) bond motifs is 5. The summed E-state index contributed by atoms with van der Waals surface area (Å²) in [4.78, 5) is 15.3. The van der Waals surface area contributed by atoms with Crippen molar-refractivity contribution >= 4 is 27.6 Å². The van der Waals surface area contributed by atoms with Gasteiger partial charge in [-0.3, -0.25) is 4.90 Å². The first-order valence-corrected chi connectivity index (χ1v) is 12.7. The lowest BCUT2D eigenvalue weighted by atomic mass is 9.83. The Morgan fingerprint density at radius 2 is 1.68 bits per heavy atom. The third kappa shape index (κ3) is 3.58. The summed E-state index contributed by atoms with van der Waals surface area (Å²) in [5.41, 5.74) is 6.45. The van der Waals surface area contributed by atoms with Crippen LogP contribution in [0.5, 0.6) is 0 Å². The number of carbonyl (C=O) groups is 1. The van der Waals surface area contributed by atoms with Crippen LogP contribution in [-0.4, -0.2) is 29.7 Å². The van der Waals surface area contributed by atoms with Gasteiger partial charge in [-0.2, -0.15) is 0 Å². The van der Waals surface area contributed by atoms with Gasteiger partial charge in [0.15, 0.2) is 0 Å². The van der Waals surface area contributed by atoms with Gasteiger partial charge in [-0.1, -0.05) is 76.6 Å². The summed E-state index contributed by atoms with van der Waals surface area (Å²) in [5.74, 6) is -0.185. The highest BCUT2D eigenvalue weighted by Crippen LogP contribution is 2.45. The van der Waals surface area contributed by atoms with Crippen LogP contribution in [0.4, 0.5) is 9.18 Å². The number of hydrogen-bond donors (Lipinski definition) is 0. The van der Waals surface area contributed by atoms with Gasteiger partial charge in [-0.05, 0) is 65.6 Å². The van der Waals surface area contributed by atoms with Crippen LogP contribution in [0.3, 0.4) is 0 Å². The lowest BCUT2D eigenvalue weighted by Gasteiger charge is -2.44. The third-order valence-electron chi connectivity index (χ3n) is 7.47.